The maximum atomic E-state index is 4.41. The number of rotatable bonds is 5. The lowest BCUT2D eigenvalue weighted by atomic mass is 10.3. The van der Waals surface area contributed by atoms with Gasteiger partial charge in [0.2, 0.25) is 0 Å². The molecule has 0 aliphatic carbocycles. The molecule has 0 fully saturated rings. The molecule has 0 atom stereocenters. The van der Waals surface area contributed by atoms with E-state index in [2.05, 4.69) is 45.7 Å². The van der Waals surface area contributed by atoms with Gasteiger partial charge < -0.3 is 0 Å². The topological polar surface area (TPSA) is 34.0 Å². The summed E-state index contributed by atoms with van der Waals surface area (Å²) in [6.07, 6.45) is 4.00. The Morgan fingerprint density at radius 1 is 1.20 bits per heavy atom. The van der Waals surface area contributed by atoms with Crippen molar-refractivity contribution in [3.63, 3.8) is 0 Å². The third-order valence-electron chi connectivity index (χ3n) is 3.02. The summed E-state index contributed by atoms with van der Waals surface area (Å²) in [6, 6.07) is 10.1. The van der Waals surface area contributed by atoms with Crippen LogP contribution in [0.1, 0.15) is 11.3 Å². The Morgan fingerprint density at radius 3 is 2.80 bits per heavy atom. The number of nitrogens with zero attached hydrogens (tertiary/aromatic N) is 4. The number of thiazole rings is 1. The third kappa shape index (κ3) is 3.12. The van der Waals surface area contributed by atoms with Crippen LogP contribution in [0.25, 0.3) is 5.69 Å². The SMILES string of the molecule is CN(Cc1cnn(-c2ccccc2)c1)Cc1cscn1. The molecule has 0 saturated carbocycles. The average molecular weight is 284 g/mol. The third-order valence-corrected chi connectivity index (χ3v) is 3.66. The van der Waals surface area contributed by atoms with Crippen LogP contribution in [-0.4, -0.2) is 26.7 Å². The molecule has 0 spiro atoms. The molecule has 2 aromatic heterocycles. The molecule has 5 heteroatoms. The van der Waals surface area contributed by atoms with Gasteiger partial charge in [-0.05, 0) is 19.2 Å². The van der Waals surface area contributed by atoms with Crippen LogP contribution >= 0.6 is 11.3 Å². The first kappa shape index (κ1) is 13.0. The van der Waals surface area contributed by atoms with Crippen molar-refractivity contribution in [2.24, 2.45) is 0 Å². The number of hydrogen-bond acceptors (Lipinski definition) is 4. The van der Waals surface area contributed by atoms with E-state index in [4.69, 9.17) is 0 Å². The first-order valence-corrected chi connectivity index (χ1v) is 7.40. The lowest BCUT2D eigenvalue weighted by Gasteiger charge is -2.13. The molecule has 2 heterocycles. The Kier molecular flexibility index (Phi) is 3.90. The van der Waals surface area contributed by atoms with E-state index < -0.39 is 0 Å². The highest BCUT2D eigenvalue weighted by molar-refractivity contribution is 7.07. The van der Waals surface area contributed by atoms with Crippen molar-refractivity contribution in [2.45, 2.75) is 13.1 Å². The zero-order valence-electron chi connectivity index (χ0n) is 11.3. The number of hydrogen-bond donors (Lipinski definition) is 0. The lowest BCUT2D eigenvalue weighted by Crippen LogP contribution is -2.17. The summed E-state index contributed by atoms with van der Waals surface area (Å²) in [5.74, 6) is 0. The molecule has 20 heavy (non-hydrogen) atoms. The van der Waals surface area contributed by atoms with Gasteiger partial charge in [0.25, 0.3) is 0 Å². The van der Waals surface area contributed by atoms with Crippen LogP contribution < -0.4 is 0 Å². The minimum Gasteiger partial charge on any atom is -0.296 e. The maximum Gasteiger partial charge on any atom is 0.0795 e. The lowest BCUT2D eigenvalue weighted by molar-refractivity contribution is 0.316. The highest BCUT2D eigenvalue weighted by Crippen LogP contribution is 2.11. The van der Waals surface area contributed by atoms with Crippen molar-refractivity contribution < 1.29 is 0 Å². The van der Waals surface area contributed by atoms with E-state index in [9.17, 15) is 0 Å². The van der Waals surface area contributed by atoms with Gasteiger partial charge in [-0.3, -0.25) is 4.90 Å². The molecule has 0 radical (unpaired) electrons. The Morgan fingerprint density at radius 2 is 2.05 bits per heavy atom. The van der Waals surface area contributed by atoms with Gasteiger partial charge in [-0.2, -0.15) is 5.10 Å². The van der Waals surface area contributed by atoms with Crippen LogP contribution in [0.4, 0.5) is 0 Å². The fraction of sp³-hybridized carbons (Fsp3) is 0.200. The highest BCUT2D eigenvalue weighted by atomic mass is 32.1. The molecule has 0 aliphatic rings. The predicted molar refractivity (Wildman–Crippen MR) is 80.8 cm³/mol. The van der Waals surface area contributed by atoms with Gasteiger partial charge in [0.05, 0.1) is 23.1 Å². The summed E-state index contributed by atoms with van der Waals surface area (Å²) >= 11 is 1.64. The van der Waals surface area contributed by atoms with E-state index in [1.165, 1.54) is 5.56 Å². The summed E-state index contributed by atoms with van der Waals surface area (Å²) in [7, 11) is 2.10. The molecule has 102 valence electrons. The van der Waals surface area contributed by atoms with Crippen molar-refractivity contribution in [3.05, 3.63) is 64.9 Å². The Hall–Kier alpha value is -1.98. The van der Waals surface area contributed by atoms with Gasteiger partial charge in [-0.15, -0.1) is 11.3 Å². The van der Waals surface area contributed by atoms with Gasteiger partial charge >= 0.3 is 0 Å². The minimum atomic E-state index is 0.861. The van der Waals surface area contributed by atoms with Crippen molar-refractivity contribution in [2.75, 3.05) is 7.05 Å². The molecule has 4 nitrogen and oxygen atoms in total. The molecule has 3 aromatic rings. The van der Waals surface area contributed by atoms with Crippen LogP contribution in [0.5, 0.6) is 0 Å². The molecule has 3 rings (SSSR count). The van der Waals surface area contributed by atoms with Crippen LogP contribution in [0.3, 0.4) is 0 Å². The Balaban J connectivity index is 1.65. The monoisotopic (exact) mass is 284 g/mol. The largest absolute Gasteiger partial charge is 0.296 e. The van der Waals surface area contributed by atoms with Gasteiger partial charge in [0, 0.05) is 30.2 Å². The second-order valence-corrected chi connectivity index (χ2v) is 5.50. The average Bonchev–Trinajstić information content (AvgIpc) is 3.11. The first-order chi connectivity index (χ1) is 9.81. The maximum absolute atomic E-state index is 4.41. The molecule has 0 aliphatic heterocycles. The molecule has 0 saturated heterocycles. The first-order valence-electron chi connectivity index (χ1n) is 6.46. The highest BCUT2D eigenvalue weighted by Gasteiger charge is 2.06. The summed E-state index contributed by atoms with van der Waals surface area (Å²) in [5.41, 5.74) is 5.27. The van der Waals surface area contributed by atoms with E-state index in [0.29, 0.717) is 0 Å². The van der Waals surface area contributed by atoms with E-state index in [1.807, 2.05) is 34.6 Å². The van der Waals surface area contributed by atoms with E-state index >= 15 is 0 Å². The van der Waals surface area contributed by atoms with Crippen LogP contribution in [0, 0.1) is 0 Å². The molecule has 1 aromatic carbocycles. The van der Waals surface area contributed by atoms with Crippen molar-refractivity contribution in [1.82, 2.24) is 19.7 Å². The second-order valence-electron chi connectivity index (χ2n) is 4.78. The summed E-state index contributed by atoms with van der Waals surface area (Å²) in [6.45, 7) is 1.73. The van der Waals surface area contributed by atoms with Crippen LogP contribution in [-0.2, 0) is 13.1 Å². The number of benzene rings is 1. The fourth-order valence-corrected chi connectivity index (χ4v) is 2.67. The second kappa shape index (κ2) is 5.98. The fourth-order valence-electron chi connectivity index (χ4n) is 2.12. The van der Waals surface area contributed by atoms with Crippen molar-refractivity contribution >= 4 is 11.3 Å². The Labute approximate surface area is 122 Å². The molecular formula is C15H16N4S. The predicted octanol–water partition coefficient (Wildman–Crippen LogP) is 2.96. The van der Waals surface area contributed by atoms with E-state index in [0.717, 1.165) is 24.5 Å². The van der Waals surface area contributed by atoms with Gasteiger partial charge in [0.15, 0.2) is 0 Å². The standard InChI is InChI=1S/C15H16N4S/c1-18(10-14-11-20-12-16-14)8-13-7-17-19(9-13)15-5-3-2-4-6-15/h2-7,9,11-12H,8,10H2,1H3. The van der Waals surface area contributed by atoms with Crippen molar-refractivity contribution in [3.8, 4) is 5.69 Å². The summed E-state index contributed by atoms with van der Waals surface area (Å²) in [5, 5.41) is 6.50. The number of para-hydroxylation sites is 1. The summed E-state index contributed by atoms with van der Waals surface area (Å²) < 4.78 is 1.91. The van der Waals surface area contributed by atoms with Crippen LogP contribution in [0.2, 0.25) is 0 Å². The molecule has 0 bridgehead atoms. The smallest absolute Gasteiger partial charge is 0.0795 e. The zero-order chi connectivity index (χ0) is 13.8. The summed E-state index contributed by atoms with van der Waals surface area (Å²) in [4.78, 5) is 6.54. The molecule has 0 unspecified atom stereocenters. The molecule has 0 N–H and O–H groups in total. The van der Waals surface area contributed by atoms with Gasteiger partial charge in [-0.25, -0.2) is 9.67 Å². The molecule has 0 amide bonds. The quantitative estimate of drug-likeness (QED) is 0.722. The Bertz CT molecular complexity index is 646. The van der Waals surface area contributed by atoms with Crippen LogP contribution in [0.15, 0.2) is 53.6 Å². The van der Waals surface area contributed by atoms with Gasteiger partial charge in [0.1, 0.15) is 0 Å². The molecular weight excluding hydrogens is 268 g/mol. The van der Waals surface area contributed by atoms with Crippen molar-refractivity contribution in [1.29, 1.82) is 0 Å². The van der Waals surface area contributed by atoms with E-state index in [1.54, 1.807) is 11.3 Å². The zero-order valence-corrected chi connectivity index (χ0v) is 12.1. The normalized spacial score (nSPS) is 11.1. The minimum absolute atomic E-state index is 0.861. The number of aromatic nitrogens is 3. The van der Waals surface area contributed by atoms with Gasteiger partial charge in [-0.1, -0.05) is 18.2 Å². The van der Waals surface area contributed by atoms with E-state index in [-0.39, 0.29) is 0 Å².